The maximum absolute atomic E-state index is 4.56. The van der Waals surface area contributed by atoms with E-state index in [1.165, 1.54) is 0 Å². The fourth-order valence-corrected chi connectivity index (χ4v) is 1.90. The van der Waals surface area contributed by atoms with E-state index in [9.17, 15) is 0 Å². The van der Waals surface area contributed by atoms with Gasteiger partial charge in [0.25, 0.3) is 0 Å². The van der Waals surface area contributed by atoms with Gasteiger partial charge in [0.1, 0.15) is 0 Å². The molecule has 0 aliphatic rings. The summed E-state index contributed by atoms with van der Waals surface area (Å²) in [5.74, 6) is 0.919. The lowest BCUT2D eigenvalue weighted by Crippen LogP contribution is -2.40. The summed E-state index contributed by atoms with van der Waals surface area (Å²) in [5, 5.41) is 6.47. The van der Waals surface area contributed by atoms with Crippen LogP contribution < -0.4 is 10.6 Å². The maximum Gasteiger partial charge on any atom is 0.191 e. The van der Waals surface area contributed by atoms with Gasteiger partial charge >= 0.3 is 0 Å². The molecule has 0 aromatic rings. The Labute approximate surface area is 107 Å². The Hall–Kier alpha value is -0.770. The molecule has 0 heterocycles. The second-order valence-corrected chi connectivity index (χ2v) is 4.72. The van der Waals surface area contributed by atoms with Gasteiger partial charge in [-0.1, -0.05) is 0 Å². The lowest BCUT2D eigenvalue weighted by molar-refractivity contribution is 0.181. The van der Waals surface area contributed by atoms with Crippen molar-refractivity contribution in [3.63, 3.8) is 0 Å². The van der Waals surface area contributed by atoms with Gasteiger partial charge in [-0.05, 0) is 41.5 Å². The molecule has 0 unspecified atom stereocenters. The number of guanidine groups is 1. The summed E-state index contributed by atoms with van der Waals surface area (Å²) in [4.78, 5) is 7.02. The van der Waals surface area contributed by atoms with Crippen molar-refractivity contribution in [2.24, 2.45) is 4.99 Å². The van der Waals surface area contributed by atoms with Gasteiger partial charge in [-0.2, -0.15) is 0 Å². The van der Waals surface area contributed by atoms with Crippen molar-refractivity contribution in [3.8, 4) is 0 Å². The second kappa shape index (κ2) is 9.28. The van der Waals surface area contributed by atoms with Crippen molar-refractivity contribution in [3.05, 3.63) is 0 Å². The van der Waals surface area contributed by atoms with Gasteiger partial charge in [0.15, 0.2) is 5.96 Å². The monoisotopic (exact) mass is 242 g/mol. The first kappa shape index (κ1) is 16.2. The molecule has 4 nitrogen and oxygen atoms in total. The summed E-state index contributed by atoms with van der Waals surface area (Å²) in [6, 6.07) is 1.15. The summed E-state index contributed by atoms with van der Waals surface area (Å²) in [6.07, 6.45) is 0. The Bertz CT molecular complexity index is 195. The van der Waals surface area contributed by atoms with Gasteiger partial charge in [-0.25, -0.2) is 0 Å². The van der Waals surface area contributed by atoms with E-state index >= 15 is 0 Å². The van der Waals surface area contributed by atoms with Crippen LogP contribution >= 0.6 is 0 Å². The average Bonchev–Trinajstić information content (AvgIpc) is 2.23. The lowest BCUT2D eigenvalue weighted by Gasteiger charge is -2.29. The van der Waals surface area contributed by atoms with Gasteiger partial charge in [-0.15, -0.1) is 0 Å². The smallest absolute Gasteiger partial charge is 0.191 e. The van der Waals surface area contributed by atoms with Crippen LogP contribution in [0.2, 0.25) is 0 Å². The van der Waals surface area contributed by atoms with Gasteiger partial charge < -0.3 is 10.6 Å². The number of rotatable bonds is 7. The third kappa shape index (κ3) is 7.21. The summed E-state index contributed by atoms with van der Waals surface area (Å²) in [7, 11) is 0. The lowest BCUT2D eigenvalue weighted by atomic mass is 10.2. The molecule has 0 spiro atoms. The van der Waals surface area contributed by atoms with Crippen LogP contribution in [-0.4, -0.2) is 49.1 Å². The van der Waals surface area contributed by atoms with E-state index in [4.69, 9.17) is 0 Å². The largest absolute Gasteiger partial charge is 0.357 e. The maximum atomic E-state index is 4.56. The molecular formula is C13H30N4. The zero-order valence-corrected chi connectivity index (χ0v) is 12.4. The molecule has 0 bridgehead atoms. The molecular weight excluding hydrogens is 212 g/mol. The summed E-state index contributed by atoms with van der Waals surface area (Å²) in [6.45, 7) is 16.8. The van der Waals surface area contributed by atoms with E-state index in [1.807, 2.05) is 0 Å². The molecule has 0 aliphatic heterocycles. The molecule has 0 fully saturated rings. The van der Waals surface area contributed by atoms with Crippen molar-refractivity contribution in [2.45, 2.75) is 53.6 Å². The van der Waals surface area contributed by atoms with E-state index in [0.717, 1.165) is 32.1 Å². The summed E-state index contributed by atoms with van der Waals surface area (Å²) < 4.78 is 0. The molecule has 0 radical (unpaired) electrons. The van der Waals surface area contributed by atoms with Gasteiger partial charge in [0, 0.05) is 31.7 Å². The minimum atomic E-state index is 0.576. The van der Waals surface area contributed by atoms with Crippen molar-refractivity contribution < 1.29 is 0 Å². The SMILES string of the molecule is CCNC(=NCCN(C(C)C)C(C)C)NCC. The standard InChI is InChI=1S/C13H30N4/c1-7-14-13(15-8-2)16-9-10-17(11(3)4)12(5)6/h11-12H,7-10H2,1-6H3,(H2,14,15,16). The third-order valence-corrected chi connectivity index (χ3v) is 2.64. The molecule has 0 rings (SSSR count). The van der Waals surface area contributed by atoms with Crippen LogP contribution in [-0.2, 0) is 0 Å². The van der Waals surface area contributed by atoms with Gasteiger partial charge in [-0.3, -0.25) is 9.89 Å². The normalized spacial score (nSPS) is 11.1. The molecule has 0 atom stereocenters. The number of nitrogens with zero attached hydrogens (tertiary/aromatic N) is 2. The third-order valence-electron chi connectivity index (χ3n) is 2.64. The predicted molar refractivity (Wildman–Crippen MR) is 76.6 cm³/mol. The minimum Gasteiger partial charge on any atom is -0.357 e. The van der Waals surface area contributed by atoms with E-state index in [0.29, 0.717) is 12.1 Å². The van der Waals surface area contributed by atoms with E-state index < -0.39 is 0 Å². The van der Waals surface area contributed by atoms with Crippen LogP contribution in [0.5, 0.6) is 0 Å². The Morgan fingerprint density at radius 3 is 1.82 bits per heavy atom. The zero-order valence-electron chi connectivity index (χ0n) is 12.4. The van der Waals surface area contributed by atoms with Crippen LogP contribution in [0.25, 0.3) is 0 Å². The van der Waals surface area contributed by atoms with E-state index in [-0.39, 0.29) is 0 Å². The minimum absolute atomic E-state index is 0.576. The molecule has 0 saturated carbocycles. The van der Waals surface area contributed by atoms with Crippen LogP contribution in [0.3, 0.4) is 0 Å². The first-order chi connectivity index (χ1) is 8.02. The molecule has 0 saturated heterocycles. The number of nitrogens with one attached hydrogen (secondary N) is 2. The fourth-order valence-electron chi connectivity index (χ4n) is 1.90. The Morgan fingerprint density at radius 1 is 1.00 bits per heavy atom. The van der Waals surface area contributed by atoms with Crippen molar-refractivity contribution in [1.82, 2.24) is 15.5 Å². The molecule has 0 aliphatic carbocycles. The van der Waals surface area contributed by atoms with Crippen LogP contribution in [0, 0.1) is 0 Å². The molecule has 4 heteroatoms. The Morgan fingerprint density at radius 2 is 1.47 bits per heavy atom. The highest BCUT2D eigenvalue weighted by Crippen LogP contribution is 2.03. The van der Waals surface area contributed by atoms with Gasteiger partial charge in [0.2, 0.25) is 0 Å². The first-order valence-electron chi connectivity index (χ1n) is 6.80. The highest BCUT2D eigenvalue weighted by atomic mass is 15.2. The Balaban J connectivity index is 4.17. The fraction of sp³-hybridized carbons (Fsp3) is 0.923. The first-order valence-corrected chi connectivity index (χ1v) is 6.80. The number of aliphatic imine (C=N–C) groups is 1. The summed E-state index contributed by atoms with van der Waals surface area (Å²) in [5.41, 5.74) is 0. The van der Waals surface area contributed by atoms with Gasteiger partial charge in [0.05, 0.1) is 6.54 Å². The van der Waals surface area contributed by atoms with Crippen LogP contribution in [0.4, 0.5) is 0 Å². The topological polar surface area (TPSA) is 39.7 Å². The quantitative estimate of drug-likeness (QED) is 0.527. The second-order valence-electron chi connectivity index (χ2n) is 4.72. The molecule has 2 N–H and O–H groups in total. The number of hydrogen-bond donors (Lipinski definition) is 2. The van der Waals surface area contributed by atoms with Crippen molar-refractivity contribution >= 4 is 5.96 Å². The van der Waals surface area contributed by atoms with E-state index in [2.05, 4.69) is 62.1 Å². The Kier molecular flexibility index (Phi) is 8.86. The molecule has 0 aromatic carbocycles. The number of hydrogen-bond acceptors (Lipinski definition) is 2. The van der Waals surface area contributed by atoms with Crippen LogP contribution in [0.1, 0.15) is 41.5 Å². The molecule has 17 heavy (non-hydrogen) atoms. The van der Waals surface area contributed by atoms with Crippen molar-refractivity contribution in [2.75, 3.05) is 26.2 Å². The summed E-state index contributed by atoms with van der Waals surface area (Å²) >= 11 is 0. The molecule has 102 valence electrons. The predicted octanol–water partition coefficient (Wildman–Crippen LogP) is 1.68. The highest BCUT2D eigenvalue weighted by Gasteiger charge is 2.12. The highest BCUT2D eigenvalue weighted by molar-refractivity contribution is 5.79. The van der Waals surface area contributed by atoms with E-state index in [1.54, 1.807) is 0 Å². The van der Waals surface area contributed by atoms with Crippen molar-refractivity contribution in [1.29, 1.82) is 0 Å². The molecule has 0 amide bonds. The van der Waals surface area contributed by atoms with Crippen LogP contribution in [0.15, 0.2) is 4.99 Å². The molecule has 0 aromatic heterocycles. The average molecular weight is 242 g/mol. The zero-order chi connectivity index (χ0) is 13.3.